The molecule has 0 radical (unpaired) electrons. The summed E-state index contributed by atoms with van der Waals surface area (Å²) in [4.78, 5) is 0. The van der Waals surface area contributed by atoms with Crippen molar-refractivity contribution >= 4 is 11.8 Å². The summed E-state index contributed by atoms with van der Waals surface area (Å²) in [6, 6.07) is 13.0. The summed E-state index contributed by atoms with van der Waals surface area (Å²) in [6.07, 6.45) is -9.07. The van der Waals surface area contributed by atoms with Gasteiger partial charge in [-0.3, -0.25) is 0 Å². The van der Waals surface area contributed by atoms with Crippen LogP contribution in [0.5, 0.6) is 0 Å². The molecular formula is C20H12F6S. The quantitative estimate of drug-likeness (QED) is 0.453. The number of halogens is 6. The van der Waals surface area contributed by atoms with Crippen LogP contribution in [0.15, 0.2) is 48.5 Å². The zero-order valence-electron chi connectivity index (χ0n) is 13.7. The van der Waals surface area contributed by atoms with Crippen molar-refractivity contribution in [3.63, 3.8) is 0 Å². The Hall–Kier alpha value is -2.51. The van der Waals surface area contributed by atoms with Crippen LogP contribution in [0.2, 0.25) is 0 Å². The van der Waals surface area contributed by atoms with Gasteiger partial charge in [0.25, 0.3) is 0 Å². The number of rotatable bonds is 4. The second-order valence-electron chi connectivity index (χ2n) is 5.39. The molecule has 0 unspecified atom stereocenters. The number of thioether (sulfide) groups is 1. The van der Waals surface area contributed by atoms with Crippen LogP contribution in [0, 0.1) is 23.7 Å². The normalized spacial score (nSPS) is 11.2. The Bertz CT molecular complexity index is 829. The van der Waals surface area contributed by atoms with Crippen LogP contribution in [-0.2, 0) is 11.5 Å². The topological polar surface area (TPSA) is 0 Å². The molecule has 0 aromatic heterocycles. The zero-order valence-corrected chi connectivity index (χ0v) is 14.5. The van der Waals surface area contributed by atoms with Crippen molar-refractivity contribution in [2.45, 2.75) is 23.9 Å². The van der Waals surface area contributed by atoms with E-state index in [-0.39, 0.29) is 11.1 Å². The summed E-state index contributed by atoms with van der Waals surface area (Å²) in [5.74, 6) is 7.66. The van der Waals surface area contributed by atoms with Gasteiger partial charge >= 0.3 is 12.4 Å². The molecule has 27 heavy (non-hydrogen) atoms. The molecular weight excluding hydrogens is 386 g/mol. The van der Waals surface area contributed by atoms with Gasteiger partial charge in [0.15, 0.2) is 0 Å². The highest BCUT2D eigenvalue weighted by Crippen LogP contribution is 2.20. The molecule has 140 valence electrons. The lowest BCUT2D eigenvalue weighted by atomic mass is 10.1. The van der Waals surface area contributed by atoms with E-state index in [1.165, 1.54) is 35.7 Å². The molecule has 0 saturated heterocycles. The molecule has 0 bridgehead atoms. The number of hydrogen-bond donors (Lipinski definition) is 0. The van der Waals surface area contributed by atoms with Crippen LogP contribution in [0.1, 0.15) is 22.3 Å². The second-order valence-corrected chi connectivity index (χ2v) is 6.37. The molecule has 2 aromatic carbocycles. The first-order chi connectivity index (χ1) is 12.6. The highest BCUT2D eigenvalue weighted by molar-refractivity contribution is 7.97. The molecule has 0 aliphatic carbocycles. The maximum Gasteiger partial charge on any atom is 0.458 e. The van der Waals surface area contributed by atoms with Crippen molar-refractivity contribution in [1.82, 2.24) is 0 Å². The van der Waals surface area contributed by atoms with E-state index in [2.05, 4.69) is 11.8 Å². The van der Waals surface area contributed by atoms with Gasteiger partial charge in [0, 0.05) is 34.5 Å². The van der Waals surface area contributed by atoms with Gasteiger partial charge in [-0.15, -0.1) is 0 Å². The van der Waals surface area contributed by atoms with Gasteiger partial charge in [-0.1, -0.05) is 36.1 Å². The van der Waals surface area contributed by atoms with Crippen LogP contribution in [0.3, 0.4) is 0 Å². The molecule has 0 spiro atoms. The van der Waals surface area contributed by atoms with Gasteiger partial charge in [-0.2, -0.15) is 38.1 Å². The van der Waals surface area contributed by atoms with E-state index in [0.29, 0.717) is 11.5 Å². The predicted octanol–water partition coefficient (Wildman–Crippen LogP) is 5.95. The minimum Gasteiger partial charge on any atom is -0.159 e. The van der Waals surface area contributed by atoms with Crippen molar-refractivity contribution in [1.29, 1.82) is 0 Å². The van der Waals surface area contributed by atoms with E-state index in [1.807, 2.05) is 0 Å². The zero-order chi connectivity index (χ0) is 19.9. The van der Waals surface area contributed by atoms with Gasteiger partial charge in [0.2, 0.25) is 0 Å². The van der Waals surface area contributed by atoms with Crippen molar-refractivity contribution in [2.24, 2.45) is 0 Å². The Labute approximate surface area is 157 Å². The van der Waals surface area contributed by atoms with Crippen LogP contribution < -0.4 is 0 Å². The van der Waals surface area contributed by atoms with E-state index in [9.17, 15) is 26.3 Å². The molecule has 0 heterocycles. The molecule has 0 saturated carbocycles. The van der Waals surface area contributed by atoms with Gasteiger partial charge in [0.1, 0.15) is 0 Å². The third kappa shape index (κ3) is 8.61. The van der Waals surface area contributed by atoms with Gasteiger partial charge in [-0.05, 0) is 35.4 Å². The van der Waals surface area contributed by atoms with Crippen molar-refractivity contribution in [3.05, 3.63) is 70.8 Å². The first-order valence-electron chi connectivity index (χ1n) is 7.56. The summed E-state index contributed by atoms with van der Waals surface area (Å²) in [5, 5.41) is 0. The summed E-state index contributed by atoms with van der Waals surface area (Å²) in [7, 11) is 0. The summed E-state index contributed by atoms with van der Waals surface area (Å²) < 4.78 is 72.8. The monoisotopic (exact) mass is 398 g/mol. The molecule has 0 fully saturated rings. The Morgan fingerprint density at radius 2 is 1.07 bits per heavy atom. The van der Waals surface area contributed by atoms with Gasteiger partial charge < -0.3 is 0 Å². The third-order valence-electron chi connectivity index (χ3n) is 3.09. The highest BCUT2D eigenvalue weighted by atomic mass is 32.2. The van der Waals surface area contributed by atoms with Crippen LogP contribution in [0.25, 0.3) is 0 Å². The minimum atomic E-state index is -4.54. The SMILES string of the molecule is FC(F)(F)C#Cc1cccc(CSCc2cccc(C#CC(F)(F)F)c2)c1. The average molecular weight is 398 g/mol. The summed E-state index contributed by atoms with van der Waals surface area (Å²) in [5.41, 5.74) is 2.16. The van der Waals surface area contributed by atoms with Gasteiger partial charge in [-0.25, -0.2) is 0 Å². The fourth-order valence-electron chi connectivity index (χ4n) is 2.05. The third-order valence-corrected chi connectivity index (χ3v) is 4.16. The van der Waals surface area contributed by atoms with E-state index >= 15 is 0 Å². The van der Waals surface area contributed by atoms with Crippen LogP contribution in [-0.4, -0.2) is 12.4 Å². The molecule has 0 aliphatic heterocycles. The fourth-order valence-corrected chi connectivity index (χ4v) is 2.98. The molecule has 2 aromatic rings. The summed E-state index contributed by atoms with van der Waals surface area (Å²) in [6.45, 7) is 0. The minimum absolute atomic E-state index is 0.273. The Balaban J connectivity index is 1.96. The average Bonchev–Trinajstić information content (AvgIpc) is 2.58. The largest absolute Gasteiger partial charge is 0.458 e. The Morgan fingerprint density at radius 1 is 0.667 bits per heavy atom. The first kappa shape index (κ1) is 20.8. The standard InChI is InChI=1S/C20H12F6S/c21-19(22,23)9-7-15-3-1-5-17(11-15)13-27-14-18-6-2-4-16(12-18)8-10-20(24,25)26/h1-6,11-12H,13-14H2. The lowest BCUT2D eigenvalue weighted by Gasteiger charge is -2.04. The smallest absolute Gasteiger partial charge is 0.159 e. The molecule has 0 N–H and O–H groups in total. The van der Waals surface area contributed by atoms with Crippen molar-refractivity contribution < 1.29 is 26.3 Å². The summed E-state index contributed by atoms with van der Waals surface area (Å²) >= 11 is 1.48. The number of alkyl halides is 6. The lowest BCUT2D eigenvalue weighted by Crippen LogP contribution is -2.01. The van der Waals surface area contributed by atoms with E-state index in [0.717, 1.165) is 11.1 Å². The molecule has 0 aliphatic rings. The highest BCUT2D eigenvalue weighted by Gasteiger charge is 2.23. The maximum atomic E-state index is 12.1. The molecule has 2 rings (SSSR count). The van der Waals surface area contributed by atoms with E-state index in [4.69, 9.17) is 0 Å². The second kappa shape index (κ2) is 8.92. The molecule has 0 atom stereocenters. The lowest BCUT2D eigenvalue weighted by molar-refractivity contribution is -0.0706. The Kier molecular flexibility index (Phi) is 6.87. The molecule has 0 amide bonds. The van der Waals surface area contributed by atoms with Crippen LogP contribution in [0.4, 0.5) is 26.3 Å². The van der Waals surface area contributed by atoms with Crippen molar-refractivity contribution in [2.75, 3.05) is 0 Å². The van der Waals surface area contributed by atoms with E-state index in [1.54, 1.807) is 36.4 Å². The first-order valence-corrected chi connectivity index (χ1v) is 8.72. The molecule has 7 heteroatoms. The van der Waals surface area contributed by atoms with E-state index < -0.39 is 12.4 Å². The number of benzene rings is 2. The fraction of sp³-hybridized carbons (Fsp3) is 0.200. The van der Waals surface area contributed by atoms with Crippen molar-refractivity contribution in [3.8, 4) is 23.7 Å². The van der Waals surface area contributed by atoms with Gasteiger partial charge in [0.05, 0.1) is 0 Å². The van der Waals surface area contributed by atoms with Crippen LogP contribution >= 0.6 is 11.8 Å². The maximum absolute atomic E-state index is 12.1. The number of hydrogen-bond acceptors (Lipinski definition) is 1. The molecule has 0 nitrogen and oxygen atoms in total. The Morgan fingerprint density at radius 3 is 1.44 bits per heavy atom. The predicted molar refractivity (Wildman–Crippen MR) is 93.7 cm³/mol.